The fraction of sp³-hybridized carbons (Fsp3) is 0.667. The van der Waals surface area contributed by atoms with Crippen LogP contribution in [-0.2, 0) is 9.53 Å². The summed E-state index contributed by atoms with van der Waals surface area (Å²) in [5, 5.41) is 3.08. The molecule has 1 unspecified atom stereocenters. The molecule has 5 rings (SSSR count). The molecule has 1 aromatic rings. The van der Waals surface area contributed by atoms with Crippen LogP contribution >= 0.6 is 0 Å². The van der Waals surface area contributed by atoms with E-state index in [1.807, 2.05) is 0 Å². The van der Waals surface area contributed by atoms with Crippen molar-refractivity contribution in [2.75, 3.05) is 26.3 Å². The average molecular weight is 358 g/mol. The molecule has 8 heteroatoms. The smallest absolute Gasteiger partial charge is 0.272 e. The van der Waals surface area contributed by atoms with Crippen molar-refractivity contribution in [3.63, 3.8) is 0 Å². The van der Waals surface area contributed by atoms with Crippen molar-refractivity contribution >= 4 is 11.8 Å². The highest BCUT2D eigenvalue weighted by molar-refractivity contribution is 5.92. The van der Waals surface area contributed by atoms with E-state index in [1.54, 1.807) is 4.90 Å². The van der Waals surface area contributed by atoms with Crippen LogP contribution in [-0.4, -0.2) is 59.0 Å². The van der Waals surface area contributed by atoms with Gasteiger partial charge in [-0.15, -0.1) is 0 Å². The third-order valence-electron chi connectivity index (χ3n) is 6.02. The maximum absolute atomic E-state index is 12.7. The van der Waals surface area contributed by atoms with Gasteiger partial charge in [0.15, 0.2) is 0 Å². The normalized spacial score (nSPS) is 32.4. The second-order valence-electron chi connectivity index (χ2n) is 7.93. The van der Waals surface area contributed by atoms with Crippen LogP contribution < -0.4 is 10.9 Å². The number of aromatic nitrogens is 2. The van der Waals surface area contributed by atoms with E-state index in [2.05, 4.69) is 15.3 Å². The Morgan fingerprint density at radius 1 is 1.23 bits per heavy atom. The van der Waals surface area contributed by atoms with E-state index in [9.17, 15) is 14.4 Å². The summed E-state index contributed by atoms with van der Waals surface area (Å²) in [4.78, 5) is 45.7. The van der Waals surface area contributed by atoms with Crippen molar-refractivity contribution in [3.8, 4) is 0 Å². The minimum Gasteiger partial charge on any atom is -0.381 e. The summed E-state index contributed by atoms with van der Waals surface area (Å²) < 4.78 is 5.33. The van der Waals surface area contributed by atoms with Gasteiger partial charge in [-0.25, -0.2) is 4.98 Å². The molecular weight excluding hydrogens is 336 g/mol. The Bertz CT molecular complexity index is 808. The van der Waals surface area contributed by atoms with Gasteiger partial charge in [-0.1, -0.05) is 0 Å². The topological polar surface area (TPSA) is 104 Å². The Labute approximate surface area is 150 Å². The molecule has 138 valence electrons. The number of carbonyl (C=O) groups is 2. The van der Waals surface area contributed by atoms with Gasteiger partial charge < -0.3 is 19.9 Å². The zero-order valence-corrected chi connectivity index (χ0v) is 14.4. The number of ether oxygens (including phenoxy) is 1. The van der Waals surface area contributed by atoms with Crippen molar-refractivity contribution in [1.82, 2.24) is 20.2 Å². The maximum Gasteiger partial charge on any atom is 0.272 e. The number of amides is 2. The summed E-state index contributed by atoms with van der Waals surface area (Å²) in [6.45, 7) is 2.42. The highest BCUT2D eigenvalue weighted by Crippen LogP contribution is 2.50. The Morgan fingerprint density at radius 2 is 2.00 bits per heavy atom. The molecule has 26 heavy (non-hydrogen) atoms. The minimum absolute atomic E-state index is 0.0291. The lowest BCUT2D eigenvalue weighted by Crippen LogP contribution is -2.40. The Balaban J connectivity index is 1.21. The number of hydrogen-bond donors (Lipinski definition) is 2. The predicted molar refractivity (Wildman–Crippen MR) is 90.6 cm³/mol. The van der Waals surface area contributed by atoms with Gasteiger partial charge in [-0.05, 0) is 31.1 Å². The van der Waals surface area contributed by atoms with E-state index in [1.165, 1.54) is 6.07 Å². The van der Waals surface area contributed by atoms with Crippen molar-refractivity contribution < 1.29 is 14.3 Å². The summed E-state index contributed by atoms with van der Waals surface area (Å²) in [6, 6.07) is 1.24. The SMILES string of the molecule is O=C(N[C@@H]1CCN(C(=O)c2cc(=O)[nH]c(C3CC3)n2)C1)C1[C@H]2COC[C@@H]12. The number of rotatable bonds is 4. The van der Waals surface area contributed by atoms with Crippen LogP contribution in [0.1, 0.15) is 41.5 Å². The van der Waals surface area contributed by atoms with Gasteiger partial charge in [0.05, 0.1) is 13.2 Å². The van der Waals surface area contributed by atoms with Crippen LogP contribution in [0.3, 0.4) is 0 Å². The summed E-state index contributed by atoms with van der Waals surface area (Å²) in [5.74, 6) is 1.61. The molecule has 2 amide bonds. The number of fused-ring (bicyclic) bond motifs is 1. The second-order valence-corrected chi connectivity index (χ2v) is 7.93. The predicted octanol–water partition coefficient (Wildman–Crippen LogP) is -0.130. The molecule has 3 heterocycles. The van der Waals surface area contributed by atoms with Crippen LogP contribution in [0.25, 0.3) is 0 Å². The highest BCUT2D eigenvalue weighted by atomic mass is 16.5. The van der Waals surface area contributed by atoms with Gasteiger partial charge in [0.25, 0.3) is 11.5 Å². The monoisotopic (exact) mass is 358 g/mol. The summed E-state index contributed by atoms with van der Waals surface area (Å²) in [5.41, 5.74) is -0.0757. The summed E-state index contributed by atoms with van der Waals surface area (Å²) >= 11 is 0. The number of aromatic amines is 1. The third-order valence-corrected chi connectivity index (χ3v) is 6.02. The Morgan fingerprint density at radius 3 is 2.73 bits per heavy atom. The lowest BCUT2D eigenvalue weighted by molar-refractivity contribution is -0.124. The molecule has 0 bridgehead atoms. The van der Waals surface area contributed by atoms with Gasteiger partial charge in [0.1, 0.15) is 11.5 Å². The zero-order chi connectivity index (χ0) is 17.8. The number of nitrogens with zero attached hydrogens (tertiary/aromatic N) is 2. The minimum atomic E-state index is -0.281. The first-order chi connectivity index (χ1) is 12.6. The largest absolute Gasteiger partial charge is 0.381 e. The van der Waals surface area contributed by atoms with Crippen LogP contribution in [0.5, 0.6) is 0 Å². The van der Waals surface area contributed by atoms with Gasteiger partial charge in [-0.2, -0.15) is 0 Å². The summed E-state index contributed by atoms with van der Waals surface area (Å²) in [6.07, 6.45) is 2.74. The first-order valence-electron chi connectivity index (χ1n) is 9.39. The van der Waals surface area contributed by atoms with Crippen molar-refractivity contribution in [2.45, 2.75) is 31.2 Å². The van der Waals surface area contributed by atoms with Gasteiger partial charge in [0.2, 0.25) is 5.91 Å². The number of hydrogen-bond acceptors (Lipinski definition) is 5. The summed E-state index contributed by atoms with van der Waals surface area (Å²) in [7, 11) is 0. The number of carbonyl (C=O) groups excluding carboxylic acids is 2. The average Bonchev–Trinajstić information content (AvgIpc) is 3.50. The molecule has 4 fully saturated rings. The van der Waals surface area contributed by atoms with E-state index in [-0.39, 0.29) is 40.9 Å². The first-order valence-corrected chi connectivity index (χ1v) is 9.39. The van der Waals surface area contributed by atoms with Gasteiger partial charge in [0, 0.05) is 37.0 Å². The van der Waals surface area contributed by atoms with E-state index >= 15 is 0 Å². The van der Waals surface area contributed by atoms with Crippen LogP contribution in [0, 0.1) is 17.8 Å². The first kappa shape index (κ1) is 16.0. The van der Waals surface area contributed by atoms with Gasteiger partial charge in [-0.3, -0.25) is 14.4 Å². The molecule has 0 spiro atoms. The van der Waals surface area contributed by atoms with E-state index in [0.717, 1.165) is 19.3 Å². The Hall–Kier alpha value is -2.22. The molecule has 4 aliphatic rings. The molecule has 2 aliphatic heterocycles. The molecule has 4 atom stereocenters. The van der Waals surface area contributed by atoms with Crippen molar-refractivity contribution in [3.05, 3.63) is 27.9 Å². The maximum atomic E-state index is 12.7. The zero-order valence-electron chi connectivity index (χ0n) is 14.4. The molecule has 2 N–H and O–H groups in total. The number of likely N-dealkylation sites (tertiary alicyclic amines) is 1. The molecule has 1 aromatic heterocycles. The molecule has 2 aliphatic carbocycles. The van der Waals surface area contributed by atoms with E-state index in [0.29, 0.717) is 44.0 Å². The van der Waals surface area contributed by atoms with Crippen LogP contribution in [0.4, 0.5) is 0 Å². The highest BCUT2D eigenvalue weighted by Gasteiger charge is 2.58. The standard InChI is InChI=1S/C18H22N4O4/c23-14-5-13(20-16(21-14)9-1-2-9)18(25)22-4-3-10(6-22)19-17(24)15-11-7-26-8-12(11)15/h5,9-12,15H,1-4,6-8H2,(H,19,24)(H,20,21,23)/t10-,11-,12+,15?/m1/s1. The number of H-pyrrole nitrogens is 1. The molecule has 2 saturated carbocycles. The Kier molecular flexibility index (Phi) is 3.63. The second kappa shape index (κ2) is 5.90. The number of nitrogens with one attached hydrogen (secondary N) is 2. The van der Waals surface area contributed by atoms with Crippen molar-refractivity contribution in [2.24, 2.45) is 17.8 Å². The molecule has 2 saturated heterocycles. The fourth-order valence-corrected chi connectivity index (χ4v) is 4.29. The van der Waals surface area contributed by atoms with E-state index in [4.69, 9.17) is 4.74 Å². The lowest BCUT2D eigenvalue weighted by Gasteiger charge is -2.17. The fourth-order valence-electron chi connectivity index (χ4n) is 4.29. The lowest BCUT2D eigenvalue weighted by atomic mass is 10.2. The van der Waals surface area contributed by atoms with Crippen molar-refractivity contribution in [1.29, 1.82) is 0 Å². The van der Waals surface area contributed by atoms with Gasteiger partial charge >= 0.3 is 0 Å². The quantitative estimate of drug-likeness (QED) is 0.780. The van der Waals surface area contributed by atoms with Crippen LogP contribution in [0.2, 0.25) is 0 Å². The van der Waals surface area contributed by atoms with Crippen LogP contribution in [0.15, 0.2) is 10.9 Å². The van der Waals surface area contributed by atoms with E-state index < -0.39 is 0 Å². The molecule has 0 aromatic carbocycles. The molecule has 8 nitrogen and oxygen atoms in total. The third kappa shape index (κ3) is 2.82. The molecular formula is C18H22N4O4. The molecule has 0 radical (unpaired) electrons.